The normalized spacial score (nSPS) is 18.4. The Morgan fingerprint density at radius 2 is 2.11 bits per heavy atom. The number of fused-ring (bicyclic) bond motifs is 2. The van der Waals surface area contributed by atoms with Gasteiger partial charge in [-0.25, -0.2) is 14.8 Å². The van der Waals surface area contributed by atoms with Crippen molar-refractivity contribution in [2.24, 2.45) is 7.05 Å². The third kappa shape index (κ3) is 2.42. The number of H-pyrrole nitrogens is 1. The predicted octanol–water partition coefficient (Wildman–Crippen LogP) is 1.10. The van der Waals surface area contributed by atoms with Gasteiger partial charge in [0, 0.05) is 30.7 Å². The minimum absolute atomic E-state index is 0.188. The molecule has 1 aromatic carbocycles. The van der Waals surface area contributed by atoms with Gasteiger partial charge in [0.05, 0.1) is 23.2 Å². The van der Waals surface area contributed by atoms with Crippen LogP contribution in [0.2, 0.25) is 0 Å². The molecule has 0 saturated carbocycles. The fraction of sp³-hybridized carbons (Fsp3) is 0.278. The first kappa shape index (κ1) is 17.0. The van der Waals surface area contributed by atoms with E-state index in [2.05, 4.69) is 20.3 Å². The van der Waals surface area contributed by atoms with Crippen LogP contribution >= 0.6 is 0 Å². The molecule has 3 aromatic rings. The Kier molecular flexibility index (Phi) is 3.62. The number of rotatable bonds is 3. The Morgan fingerprint density at radius 3 is 2.81 bits per heavy atom. The quantitative estimate of drug-likeness (QED) is 0.528. The maximum Gasteiger partial charge on any atom is 0.347 e. The number of esters is 1. The van der Waals surface area contributed by atoms with Crippen molar-refractivity contribution in [1.82, 2.24) is 19.5 Å². The van der Waals surface area contributed by atoms with E-state index in [0.29, 0.717) is 33.7 Å². The minimum Gasteiger partial charge on any atom is -0.465 e. The Morgan fingerprint density at radius 1 is 1.33 bits per heavy atom. The zero-order valence-electron chi connectivity index (χ0n) is 15.0. The molecule has 0 radical (unpaired) electrons. The summed E-state index contributed by atoms with van der Waals surface area (Å²) in [6.07, 6.45) is 3.07. The van der Waals surface area contributed by atoms with Crippen LogP contribution in [-0.4, -0.2) is 38.0 Å². The van der Waals surface area contributed by atoms with Crippen LogP contribution in [0.4, 0.5) is 5.69 Å². The molecule has 27 heavy (non-hydrogen) atoms. The molecule has 4 rings (SSSR count). The average Bonchev–Trinajstić information content (AvgIpc) is 3.15. The number of hydrogen-bond acceptors (Lipinski definition) is 6. The predicted molar refractivity (Wildman–Crippen MR) is 97.2 cm³/mol. The van der Waals surface area contributed by atoms with Crippen molar-refractivity contribution in [2.45, 2.75) is 19.3 Å². The molecule has 2 aromatic heterocycles. The van der Waals surface area contributed by atoms with Gasteiger partial charge in [-0.2, -0.15) is 0 Å². The van der Waals surface area contributed by atoms with Gasteiger partial charge in [0.25, 0.3) is 0 Å². The number of nitrogens with zero attached hydrogens (tertiary/aromatic N) is 3. The Hall–Kier alpha value is -3.49. The number of aromatic nitrogens is 4. The van der Waals surface area contributed by atoms with Crippen LogP contribution in [0.15, 0.2) is 29.3 Å². The van der Waals surface area contributed by atoms with E-state index in [-0.39, 0.29) is 12.3 Å². The average molecular weight is 367 g/mol. The second-order valence-electron chi connectivity index (χ2n) is 6.54. The van der Waals surface area contributed by atoms with E-state index in [1.165, 1.54) is 10.8 Å². The third-order valence-corrected chi connectivity index (χ3v) is 4.77. The monoisotopic (exact) mass is 367 g/mol. The molecular formula is C18H17N5O4. The molecule has 1 amide bonds. The zero-order valence-corrected chi connectivity index (χ0v) is 15.0. The van der Waals surface area contributed by atoms with Crippen LogP contribution in [0, 0.1) is 0 Å². The summed E-state index contributed by atoms with van der Waals surface area (Å²) in [5.41, 5.74) is 1.21. The number of anilines is 1. The number of nitrogens with one attached hydrogen (secondary N) is 2. The van der Waals surface area contributed by atoms with E-state index >= 15 is 0 Å². The molecule has 3 heterocycles. The lowest BCUT2D eigenvalue weighted by atomic mass is 9.83. The topological polar surface area (TPSA) is 119 Å². The molecule has 138 valence electrons. The first-order chi connectivity index (χ1) is 12.8. The van der Waals surface area contributed by atoms with Crippen LogP contribution in [0.1, 0.15) is 19.4 Å². The van der Waals surface area contributed by atoms with Gasteiger partial charge in [0.15, 0.2) is 5.41 Å². The van der Waals surface area contributed by atoms with Crippen molar-refractivity contribution < 1.29 is 14.3 Å². The van der Waals surface area contributed by atoms with Crippen molar-refractivity contribution in [2.75, 3.05) is 11.9 Å². The number of carbonyl (C=O) groups excluding carboxylic acids is 2. The molecule has 9 nitrogen and oxygen atoms in total. The molecule has 0 saturated heterocycles. The van der Waals surface area contributed by atoms with Gasteiger partial charge >= 0.3 is 11.7 Å². The number of imidazole rings is 1. The Balaban J connectivity index is 1.84. The summed E-state index contributed by atoms with van der Waals surface area (Å²) < 4.78 is 6.46. The molecule has 0 bridgehead atoms. The molecule has 0 spiro atoms. The molecule has 9 heteroatoms. The van der Waals surface area contributed by atoms with E-state index in [0.717, 1.165) is 0 Å². The number of aromatic amines is 1. The van der Waals surface area contributed by atoms with Gasteiger partial charge in [-0.3, -0.25) is 9.59 Å². The first-order valence-corrected chi connectivity index (χ1v) is 8.40. The van der Waals surface area contributed by atoms with Crippen LogP contribution in [0.5, 0.6) is 0 Å². The summed E-state index contributed by atoms with van der Waals surface area (Å²) >= 11 is 0. The number of amides is 1. The lowest BCUT2D eigenvalue weighted by Gasteiger charge is -2.19. The lowest BCUT2D eigenvalue weighted by Crippen LogP contribution is -2.40. The van der Waals surface area contributed by atoms with Crippen molar-refractivity contribution in [3.63, 3.8) is 0 Å². The van der Waals surface area contributed by atoms with E-state index in [1.54, 1.807) is 39.2 Å². The SMILES string of the molecule is CCOC(=O)C1(C)C(=O)Nc2cc3nc(-c4cnc(=O)n(C)c4)[nH]c3cc21. The van der Waals surface area contributed by atoms with Gasteiger partial charge in [-0.05, 0) is 26.0 Å². The minimum atomic E-state index is -1.41. The highest BCUT2D eigenvalue weighted by Gasteiger charge is 2.50. The summed E-state index contributed by atoms with van der Waals surface area (Å²) in [5.74, 6) is -0.491. The zero-order chi connectivity index (χ0) is 19.3. The van der Waals surface area contributed by atoms with E-state index < -0.39 is 17.3 Å². The smallest absolute Gasteiger partial charge is 0.347 e. The highest BCUT2D eigenvalue weighted by molar-refractivity contribution is 6.19. The summed E-state index contributed by atoms with van der Waals surface area (Å²) in [4.78, 5) is 47.8. The Labute approximate surface area is 153 Å². The molecule has 2 N–H and O–H groups in total. The standard InChI is InChI=1S/C18H17N5O4/c1-4-27-16(25)18(2)10-5-12-13(6-11(10)22-15(18)24)21-14(20-12)9-7-19-17(26)23(3)8-9/h5-8H,4H2,1-3H3,(H,20,21)(H,22,24). The second kappa shape index (κ2) is 5.76. The third-order valence-electron chi connectivity index (χ3n) is 4.77. The van der Waals surface area contributed by atoms with Crippen molar-refractivity contribution in [3.05, 3.63) is 40.6 Å². The van der Waals surface area contributed by atoms with Gasteiger partial charge < -0.3 is 19.6 Å². The summed E-state index contributed by atoms with van der Waals surface area (Å²) in [7, 11) is 1.61. The fourth-order valence-electron chi connectivity index (χ4n) is 3.19. The van der Waals surface area contributed by atoms with Crippen LogP contribution in [0.25, 0.3) is 22.4 Å². The van der Waals surface area contributed by atoms with Crippen LogP contribution in [-0.2, 0) is 26.8 Å². The van der Waals surface area contributed by atoms with E-state index in [9.17, 15) is 14.4 Å². The number of ether oxygens (including phenoxy) is 1. The van der Waals surface area contributed by atoms with Crippen molar-refractivity contribution >= 4 is 28.6 Å². The van der Waals surface area contributed by atoms with Crippen LogP contribution in [0.3, 0.4) is 0 Å². The lowest BCUT2D eigenvalue weighted by molar-refractivity contribution is -0.152. The van der Waals surface area contributed by atoms with Crippen molar-refractivity contribution in [3.8, 4) is 11.4 Å². The summed E-state index contributed by atoms with van der Waals surface area (Å²) in [6, 6.07) is 3.44. The second-order valence-corrected chi connectivity index (χ2v) is 6.54. The highest BCUT2D eigenvalue weighted by Crippen LogP contribution is 2.40. The molecule has 1 aliphatic rings. The maximum absolute atomic E-state index is 12.4. The maximum atomic E-state index is 12.4. The van der Waals surface area contributed by atoms with Crippen LogP contribution < -0.4 is 11.0 Å². The molecule has 0 fully saturated rings. The van der Waals surface area contributed by atoms with Gasteiger partial charge in [0.2, 0.25) is 5.91 Å². The number of aryl methyl sites for hydroxylation is 1. The van der Waals surface area contributed by atoms with E-state index in [1.807, 2.05) is 0 Å². The fourth-order valence-corrected chi connectivity index (χ4v) is 3.19. The molecule has 1 aliphatic heterocycles. The largest absolute Gasteiger partial charge is 0.465 e. The van der Waals surface area contributed by atoms with Crippen molar-refractivity contribution in [1.29, 1.82) is 0 Å². The highest BCUT2D eigenvalue weighted by atomic mass is 16.5. The first-order valence-electron chi connectivity index (χ1n) is 8.40. The summed E-state index contributed by atoms with van der Waals surface area (Å²) in [6.45, 7) is 3.43. The Bertz CT molecular complexity index is 1160. The van der Waals surface area contributed by atoms with Gasteiger partial charge in [-0.15, -0.1) is 0 Å². The number of benzene rings is 1. The number of hydrogen-bond donors (Lipinski definition) is 2. The molecule has 1 atom stereocenters. The molecular weight excluding hydrogens is 350 g/mol. The van der Waals surface area contributed by atoms with E-state index in [4.69, 9.17) is 4.74 Å². The summed E-state index contributed by atoms with van der Waals surface area (Å²) in [5, 5.41) is 2.73. The molecule has 0 aliphatic carbocycles. The molecule has 1 unspecified atom stereocenters. The van der Waals surface area contributed by atoms with Gasteiger partial charge in [0.1, 0.15) is 5.82 Å². The number of carbonyl (C=O) groups is 2. The van der Waals surface area contributed by atoms with Gasteiger partial charge in [-0.1, -0.05) is 0 Å².